The molecule has 0 aliphatic rings. The lowest BCUT2D eigenvalue weighted by Gasteiger charge is -2.09. The summed E-state index contributed by atoms with van der Waals surface area (Å²) < 4.78 is 0. The molecule has 0 bridgehead atoms. The van der Waals surface area contributed by atoms with Gasteiger partial charge in [-0.05, 0) is 23.3 Å². The van der Waals surface area contributed by atoms with Gasteiger partial charge in [0.2, 0.25) is 0 Å². The minimum Gasteiger partial charge on any atom is -0.308 e. The molecule has 1 aromatic carbocycles. The Balaban J connectivity index is 0.00000117. The van der Waals surface area contributed by atoms with E-state index in [0.29, 0.717) is 16.9 Å². The van der Waals surface area contributed by atoms with E-state index in [2.05, 4.69) is 43.7 Å². The van der Waals surface area contributed by atoms with E-state index in [9.17, 15) is 9.59 Å². The van der Waals surface area contributed by atoms with E-state index in [4.69, 9.17) is 0 Å². The summed E-state index contributed by atoms with van der Waals surface area (Å²) in [5, 5.41) is 5.27. The highest BCUT2D eigenvalue weighted by atomic mass is 16.2. The van der Waals surface area contributed by atoms with Crippen molar-refractivity contribution in [3.05, 3.63) is 59.3 Å². The number of aromatic nitrogens is 4. The highest BCUT2D eigenvalue weighted by molar-refractivity contribution is 6.03. The smallest absolute Gasteiger partial charge is 0.308 e. The molecule has 0 saturated heterocycles. The van der Waals surface area contributed by atoms with Gasteiger partial charge in [-0.3, -0.25) is 10.3 Å². The molecule has 0 aliphatic carbocycles. The van der Waals surface area contributed by atoms with Crippen LogP contribution in [0.2, 0.25) is 0 Å². The Bertz CT molecular complexity index is 1000. The monoisotopic (exact) mass is 352 g/mol. The summed E-state index contributed by atoms with van der Waals surface area (Å²) in [4.78, 5) is 36.4. The van der Waals surface area contributed by atoms with Crippen molar-refractivity contribution in [2.45, 2.75) is 13.8 Å². The Labute approximate surface area is 150 Å². The number of nitrogens with one attached hydrogen (secondary N) is 4. The summed E-state index contributed by atoms with van der Waals surface area (Å²) in [5.74, 6) is 0.197. The average Bonchev–Trinajstić information content (AvgIpc) is 3.04. The number of carbonyl (C=O) groups is 1. The zero-order valence-corrected chi connectivity index (χ0v) is 14.6. The van der Waals surface area contributed by atoms with Crippen LogP contribution in [0.1, 0.15) is 25.0 Å². The molecule has 2 aromatic heterocycles. The summed E-state index contributed by atoms with van der Waals surface area (Å²) in [5.41, 5.74) is 2.56. The molecule has 134 valence electrons. The van der Waals surface area contributed by atoms with Crippen LogP contribution in [0.5, 0.6) is 0 Å². The summed E-state index contributed by atoms with van der Waals surface area (Å²) in [6.45, 7) is 11.5. The van der Waals surface area contributed by atoms with E-state index in [0.717, 1.165) is 11.1 Å². The minimum absolute atomic E-state index is 0.197. The molecule has 0 atom stereocenters. The van der Waals surface area contributed by atoms with Crippen molar-refractivity contribution in [2.24, 2.45) is 0 Å². The SMILES string of the molecule is C=Cc1ccc(NC(=O)Nc2ncnc3[nH]c(=O)[nH]c23)cc1C=C.CC. The van der Waals surface area contributed by atoms with Gasteiger partial charge >= 0.3 is 11.7 Å². The number of carbonyl (C=O) groups excluding carboxylic acids is 1. The predicted octanol–water partition coefficient (Wildman–Crippen LogP) is 3.60. The molecule has 2 amide bonds. The maximum atomic E-state index is 12.2. The van der Waals surface area contributed by atoms with Crippen molar-refractivity contribution >= 4 is 40.9 Å². The maximum Gasteiger partial charge on any atom is 0.325 e. The van der Waals surface area contributed by atoms with Gasteiger partial charge in [-0.15, -0.1) is 0 Å². The highest BCUT2D eigenvalue weighted by Crippen LogP contribution is 2.19. The number of urea groups is 1. The number of H-pyrrole nitrogens is 2. The third-order valence-electron chi connectivity index (χ3n) is 3.33. The van der Waals surface area contributed by atoms with E-state index in [1.54, 1.807) is 24.3 Å². The second-order valence-corrected chi connectivity index (χ2v) is 4.86. The first-order valence-corrected chi connectivity index (χ1v) is 8.00. The van der Waals surface area contributed by atoms with Gasteiger partial charge in [-0.2, -0.15) is 0 Å². The second-order valence-electron chi connectivity index (χ2n) is 4.86. The maximum absolute atomic E-state index is 12.2. The van der Waals surface area contributed by atoms with E-state index < -0.39 is 11.7 Å². The van der Waals surface area contributed by atoms with Crippen LogP contribution < -0.4 is 16.3 Å². The van der Waals surface area contributed by atoms with Crippen LogP contribution >= 0.6 is 0 Å². The van der Waals surface area contributed by atoms with E-state index in [1.807, 2.05) is 19.9 Å². The van der Waals surface area contributed by atoms with Crippen LogP contribution in [0.3, 0.4) is 0 Å². The van der Waals surface area contributed by atoms with Gasteiger partial charge in [0.05, 0.1) is 0 Å². The lowest BCUT2D eigenvalue weighted by molar-refractivity contribution is 0.262. The quantitative estimate of drug-likeness (QED) is 0.574. The van der Waals surface area contributed by atoms with Gasteiger partial charge in [0, 0.05) is 5.69 Å². The van der Waals surface area contributed by atoms with Crippen molar-refractivity contribution in [2.75, 3.05) is 10.6 Å². The van der Waals surface area contributed by atoms with Gasteiger partial charge in [0.1, 0.15) is 11.8 Å². The molecule has 8 nitrogen and oxygen atoms in total. The lowest BCUT2D eigenvalue weighted by Crippen LogP contribution is -2.20. The minimum atomic E-state index is -0.501. The number of fused-ring (bicyclic) bond motifs is 1. The normalized spacial score (nSPS) is 9.77. The van der Waals surface area contributed by atoms with Crippen molar-refractivity contribution in [1.82, 2.24) is 19.9 Å². The third kappa shape index (κ3) is 4.04. The van der Waals surface area contributed by atoms with Crippen LogP contribution in [0.25, 0.3) is 23.3 Å². The summed E-state index contributed by atoms with van der Waals surface area (Å²) in [7, 11) is 0. The Kier molecular flexibility index (Phi) is 6.05. The van der Waals surface area contributed by atoms with Crippen LogP contribution in [-0.4, -0.2) is 26.0 Å². The Morgan fingerprint density at radius 2 is 1.81 bits per heavy atom. The van der Waals surface area contributed by atoms with E-state index in [-0.39, 0.29) is 5.82 Å². The zero-order valence-electron chi connectivity index (χ0n) is 14.6. The van der Waals surface area contributed by atoms with Gasteiger partial charge in [-0.25, -0.2) is 19.6 Å². The highest BCUT2D eigenvalue weighted by Gasteiger charge is 2.10. The topological polar surface area (TPSA) is 116 Å². The van der Waals surface area contributed by atoms with Crippen molar-refractivity contribution in [3.63, 3.8) is 0 Å². The number of benzene rings is 1. The van der Waals surface area contributed by atoms with E-state index in [1.165, 1.54) is 6.33 Å². The van der Waals surface area contributed by atoms with Crippen molar-refractivity contribution in [1.29, 1.82) is 0 Å². The largest absolute Gasteiger partial charge is 0.325 e. The van der Waals surface area contributed by atoms with Gasteiger partial charge in [0.15, 0.2) is 11.5 Å². The third-order valence-corrected chi connectivity index (χ3v) is 3.33. The fourth-order valence-electron chi connectivity index (χ4n) is 2.23. The second kappa shape index (κ2) is 8.43. The molecule has 3 rings (SSSR count). The van der Waals surface area contributed by atoms with Gasteiger partial charge in [0.25, 0.3) is 0 Å². The molecule has 2 heterocycles. The molecule has 26 heavy (non-hydrogen) atoms. The first kappa shape index (κ1) is 18.7. The van der Waals surface area contributed by atoms with Crippen molar-refractivity contribution < 1.29 is 4.79 Å². The number of rotatable bonds is 4. The Hall–Kier alpha value is -3.68. The Morgan fingerprint density at radius 3 is 2.50 bits per heavy atom. The molecule has 4 N–H and O–H groups in total. The molecule has 3 aromatic rings. The molecule has 0 radical (unpaired) electrons. The number of hydrogen-bond donors (Lipinski definition) is 4. The average molecular weight is 352 g/mol. The molecule has 0 spiro atoms. The zero-order chi connectivity index (χ0) is 19.1. The number of hydrogen-bond acceptors (Lipinski definition) is 4. The fraction of sp³-hybridized carbons (Fsp3) is 0.111. The predicted molar refractivity (Wildman–Crippen MR) is 105 cm³/mol. The van der Waals surface area contributed by atoms with Crippen LogP contribution in [0.4, 0.5) is 16.3 Å². The van der Waals surface area contributed by atoms with Crippen LogP contribution in [0, 0.1) is 0 Å². The van der Waals surface area contributed by atoms with E-state index >= 15 is 0 Å². The number of imidazole rings is 1. The molecule has 0 fully saturated rings. The molecule has 8 heteroatoms. The van der Waals surface area contributed by atoms with Crippen molar-refractivity contribution in [3.8, 4) is 0 Å². The van der Waals surface area contributed by atoms with Crippen LogP contribution in [0.15, 0.2) is 42.5 Å². The molecular weight excluding hydrogens is 332 g/mol. The standard InChI is InChI=1S/C16H14N6O2.C2H6/c1-3-9-5-6-11(7-10(9)4-2)19-15(23)21-13-12-14(18-8-17-13)22-16(24)20-12;1-2/h3-8H,1-2H2,(H4,17,18,19,20,21,22,23,24);1-2H3. The number of nitrogens with zero attached hydrogens (tertiary/aromatic N) is 2. The number of aromatic amines is 2. The number of amides is 2. The first-order chi connectivity index (χ1) is 12.6. The first-order valence-electron chi connectivity index (χ1n) is 8.00. The summed E-state index contributed by atoms with van der Waals surface area (Å²) >= 11 is 0. The summed E-state index contributed by atoms with van der Waals surface area (Å²) in [6, 6.07) is 4.85. The molecule has 0 unspecified atom stereocenters. The van der Waals surface area contributed by atoms with Gasteiger partial charge in [-0.1, -0.05) is 45.2 Å². The van der Waals surface area contributed by atoms with Crippen LogP contribution in [-0.2, 0) is 0 Å². The number of anilines is 2. The molecule has 0 aliphatic heterocycles. The molecular formula is C18H20N6O2. The molecule has 0 saturated carbocycles. The lowest BCUT2D eigenvalue weighted by atomic mass is 10.1. The summed E-state index contributed by atoms with van der Waals surface area (Å²) in [6.07, 6.45) is 4.63. The Morgan fingerprint density at radius 1 is 1.08 bits per heavy atom. The fourth-order valence-corrected chi connectivity index (χ4v) is 2.23. The van der Waals surface area contributed by atoms with Gasteiger partial charge < -0.3 is 10.3 Å².